The van der Waals surface area contributed by atoms with Crippen LogP contribution in [0.4, 0.5) is 0 Å². The molecule has 0 saturated carbocycles. The zero-order valence-corrected chi connectivity index (χ0v) is 11.6. The first-order chi connectivity index (χ1) is 8.45. The Kier molecular flexibility index (Phi) is 5.35. The molecule has 0 fully saturated rings. The summed E-state index contributed by atoms with van der Waals surface area (Å²) >= 11 is 6.08. The highest BCUT2D eigenvalue weighted by Crippen LogP contribution is 2.26. The number of benzene rings is 1. The number of Topliss-reactive ketones (excluding diaryl/α,β-unsaturated/α-hetero) is 1. The Morgan fingerprint density at radius 2 is 2.06 bits per heavy atom. The fourth-order valence-electron chi connectivity index (χ4n) is 1.70. The monoisotopic (exact) mass is 268 g/mol. The molecule has 0 aliphatic rings. The van der Waals surface area contributed by atoms with E-state index in [2.05, 4.69) is 0 Å². The van der Waals surface area contributed by atoms with Crippen molar-refractivity contribution >= 4 is 23.4 Å². The molecule has 1 rings (SSSR count). The van der Waals surface area contributed by atoms with Gasteiger partial charge in [0, 0.05) is 0 Å². The van der Waals surface area contributed by atoms with Crippen LogP contribution in [-0.4, -0.2) is 18.4 Å². The Hall–Kier alpha value is -1.35. The first-order valence-electron chi connectivity index (χ1n) is 5.85. The minimum absolute atomic E-state index is 0.132. The standard InChI is InChI=1S/C14H17ClO3/c1-4-18-13(17)8-11-6-5-9(2)7-12(11)14(15)10(3)16/h5-7,14H,4,8H2,1-3H3. The number of alkyl halides is 1. The van der Waals surface area contributed by atoms with Crippen LogP contribution in [0.1, 0.15) is 35.9 Å². The molecule has 0 aliphatic carbocycles. The van der Waals surface area contributed by atoms with Gasteiger partial charge in [-0.2, -0.15) is 0 Å². The van der Waals surface area contributed by atoms with Crippen LogP contribution in [0.3, 0.4) is 0 Å². The van der Waals surface area contributed by atoms with E-state index in [1.54, 1.807) is 6.92 Å². The van der Waals surface area contributed by atoms with Gasteiger partial charge in [-0.3, -0.25) is 9.59 Å². The first kappa shape index (κ1) is 14.7. The lowest BCUT2D eigenvalue weighted by Crippen LogP contribution is -2.12. The van der Waals surface area contributed by atoms with E-state index < -0.39 is 5.38 Å². The van der Waals surface area contributed by atoms with Crippen molar-refractivity contribution in [2.45, 2.75) is 32.6 Å². The normalized spacial score (nSPS) is 12.0. The maximum atomic E-state index is 11.5. The summed E-state index contributed by atoms with van der Waals surface area (Å²) in [6, 6.07) is 5.55. The molecule has 1 aromatic rings. The number of aryl methyl sites for hydroxylation is 1. The molecule has 0 bridgehead atoms. The van der Waals surface area contributed by atoms with Crippen LogP contribution in [0.5, 0.6) is 0 Å². The topological polar surface area (TPSA) is 43.4 Å². The third kappa shape index (κ3) is 3.84. The highest BCUT2D eigenvalue weighted by Gasteiger charge is 2.19. The molecule has 0 radical (unpaired) electrons. The van der Waals surface area contributed by atoms with Gasteiger partial charge in [0.15, 0.2) is 5.78 Å². The highest BCUT2D eigenvalue weighted by molar-refractivity contribution is 6.30. The Labute approximate surface area is 112 Å². The van der Waals surface area contributed by atoms with Crippen LogP contribution < -0.4 is 0 Å². The van der Waals surface area contributed by atoms with Crippen LogP contribution >= 0.6 is 11.6 Å². The summed E-state index contributed by atoms with van der Waals surface area (Å²) in [5.41, 5.74) is 2.44. The third-order valence-electron chi connectivity index (χ3n) is 2.57. The number of ketones is 1. The van der Waals surface area contributed by atoms with Crippen molar-refractivity contribution < 1.29 is 14.3 Å². The molecular weight excluding hydrogens is 252 g/mol. The van der Waals surface area contributed by atoms with E-state index in [0.717, 1.165) is 11.1 Å². The molecule has 4 heteroatoms. The van der Waals surface area contributed by atoms with Crippen molar-refractivity contribution in [2.24, 2.45) is 0 Å². The van der Waals surface area contributed by atoms with Crippen LogP contribution in [-0.2, 0) is 20.7 Å². The van der Waals surface area contributed by atoms with Crippen LogP contribution in [0, 0.1) is 6.92 Å². The molecular formula is C14H17ClO3. The molecule has 98 valence electrons. The van der Waals surface area contributed by atoms with Crippen molar-refractivity contribution in [1.82, 2.24) is 0 Å². The fourth-order valence-corrected chi connectivity index (χ4v) is 1.90. The molecule has 0 aromatic heterocycles. The number of esters is 1. The summed E-state index contributed by atoms with van der Waals surface area (Å²) in [6.07, 6.45) is 0.139. The summed E-state index contributed by atoms with van der Waals surface area (Å²) in [6.45, 7) is 5.46. The summed E-state index contributed by atoms with van der Waals surface area (Å²) < 4.78 is 4.90. The van der Waals surface area contributed by atoms with E-state index >= 15 is 0 Å². The van der Waals surface area contributed by atoms with E-state index in [4.69, 9.17) is 16.3 Å². The summed E-state index contributed by atoms with van der Waals surface area (Å²) in [5, 5.41) is -0.714. The van der Waals surface area contributed by atoms with Gasteiger partial charge < -0.3 is 4.74 Å². The summed E-state index contributed by atoms with van der Waals surface area (Å²) in [7, 11) is 0. The molecule has 1 atom stereocenters. The number of rotatable bonds is 5. The maximum Gasteiger partial charge on any atom is 0.310 e. The van der Waals surface area contributed by atoms with E-state index in [9.17, 15) is 9.59 Å². The van der Waals surface area contributed by atoms with Crippen molar-refractivity contribution in [2.75, 3.05) is 6.61 Å². The highest BCUT2D eigenvalue weighted by atomic mass is 35.5. The van der Waals surface area contributed by atoms with Crippen LogP contribution in [0.15, 0.2) is 18.2 Å². The second kappa shape index (κ2) is 6.55. The largest absolute Gasteiger partial charge is 0.466 e. The minimum atomic E-state index is -0.714. The van der Waals surface area contributed by atoms with Crippen molar-refractivity contribution in [3.8, 4) is 0 Å². The molecule has 3 nitrogen and oxygen atoms in total. The molecule has 0 spiro atoms. The number of carbonyl (C=O) groups excluding carboxylic acids is 2. The van der Waals surface area contributed by atoms with Gasteiger partial charge in [-0.15, -0.1) is 11.6 Å². The van der Waals surface area contributed by atoms with E-state index in [0.29, 0.717) is 12.2 Å². The van der Waals surface area contributed by atoms with Gasteiger partial charge in [-0.05, 0) is 31.9 Å². The Morgan fingerprint density at radius 1 is 1.39 bits per heavy atom. The minimum Gasteiger partial charge on any atom is -0.466 e. The number of hydrogen-bond donors (Lipinski definition) is 0. The lowest BCUT2D eigenvalue weighted by atomic mass is 9.97. The average Bonchev–Trinajstić information content (AvgIpc) is 2.30. The third-order valence-corrected chi connectivity index (χ3v) is 3.11. The van der Waals surface area contributed by atoms with Crippen molar-refractivity contribution in [1.29, 1.82) is 0 Å². The summed E-state index contributed by atoms with van der Waals surface area (Å²) in [5.74, 6) is -0.442. The Balaban J connectivity index is 3.03. The van der Waals surface area contributed by atoms with Crippen LogP contribution in [0.2, 0.25) is 0 Å². The molecule has 0 amide bonds. The lowest BCUT2D eigenvalue weighted by molar-refractivity contribution is -0.142. The molecule has 18 heavy (non-hydrogen) atoms. The Morgan fingerprint density at radius 3 is 2.61 bits per heavy atom. The number of halogens is 1. The Bertz CT molecular complexity index is 454. The van der Waals surface area contributed by atoms with Gasteiger partial charge in [0.05, 0.1) is 13.0 Å². The van der Waals surface area contributed by atoms with E-state index in [1.807, 2.05) is 25.1 Å². The number of carbonyl (C=O) groups is 2. The van der Waals surface area contributed by atoms with Crippen molar-refractivity contribution in [3.63, 3.8) is 0 Å². The zero-order chi connectivity index (χ0) is 13.7. The average molecular weight is 269 g/mol. The summed E-state index contributed by atoms with van der Waals surface area (Å²) in [4.78, 5) is 22.9. The van der Waals surface area contributed by atoms with Gasteiger partial charge in [0.25, 0.3) is 0 Å². The van der Waals surface area contributed by atoms with Gasteiger partial charge in [-0.25, -0.2) is 0 Å². The molecule has 0 heterocycles. The van der Waals surface area contributed by atoms with Gasteiger partial charge >= 0.3 is 5.97 Å². The maximum absolute atomic E-state index is 11.5. The van der Waals surface area contributed by atoms with Gasteiger partial charge in [0.1, 0.15) is 5.38 Å². The smallest absolute Gasteiger partial charge is 0.310 e. The lowest BCUT2D eigenvalue weighted by Gasteiger charge is -2.13. The van der Waals surface area contributed by atoms with Crippen molar-refractivity contribution in [3.05, 3.63) is 34.9 Å². The quantitative estimate of drug-likeness (QED) is 0.609. The number of ether oxygens (including phenoxy) is 1. The predicted octanol–water partition coefficient (Wildman–Crippen LogP) is 2.97. The zero-order valence-electron chi connectivity index (χ0n) is 10.8. The van der Waals surface area contributed by atoms with Gasteiger partial charge in [0.2, 0.25) is 0 Å². The molecule has 1 aromatic carbocycles. The predicted molar refractivity (Wildman–Crippen MR) is 70.8 cm³/mol. The molecule has 0 saturated heterocycles. The van der Waals surface area contributed by atoms with E-state index in [1.165, 1.54) is 6.92 Å². The molecule has 0 N–H and O–H groups in total. The molecule has 0 aliphatic heterocycles. The van der Waals surface area contributed by atoms with Crippen LogP contribution in [0.25, 0.3) is 0 Å². The first-order valence-corrected chi connectivity index (χ1v) is 6.29. The van der Waals surface area contributed by atoms with E-state index in [-0.39, 0.29) is 18.2 Å². The fraction of sp³-hybridized carbons (Fsp3) is 0.429. The second-order valence-electron chi connectivity index (χ2n) is 4.16. The number of hydrogen-bond acceptors (Lipinski definition) is 3. The SMILES string of the molecule is CCOC(=O)Cc1ccc(C)cc1C(Cl)C(C)=O. The molecule has 1 unspecified atom stereocenters. The second-order valence-corrected chi connectivity index (χ2v) is 4.59. The van der Waals surface area contributed by atoms with Gasteiger partial charge in [-0.1, -0.05) is 23.8 Å².